The van der Waals surface area contributed by atoms with E-state index < -0.39 is 0 Å². The summed E-state index contributed by atoms with van der Waals surface area (Å²) in [6, 6.07) is 8.24. The van der Waals surface area contributed by atoms with Gasteiger partial charge in [-0.05, 0) is 44.4 Å². The third kappa shape index (κ3) is 2.38. The van der Waals surface area contributed by atoms with Crippen LogP contribution in [0.2, 0.25) is 0 Å². The average Bonchev–Trinajstić information content (AvgIpc) is 2.46. The number of nitrogens with zero attached hydrogens (tertiary/aromatic N) is 2. The van der Waals surface area contributed by atoms with E-state index in [-0.39, 0.29) is 17.8 Å². The number of carbonyl (C=O) groups excluding carboxylic acids is 1. The quantitative estimate of drug-likeness (QED) is 0.797. The first-order valence-electron chi connectivity index (χ1n) is 7.02. The van der Waals surface area contributed by atoms with Gasteiger partial charge in [0.1, 0.15) is 11.5 Å². The van der Waals surface area contributed by atoms with Gasteiger partial charge in [-0.3, -0.25) is 4.79 Å². The minimum atomic E-state index is -0.332. The van der Waals surface area contributed by atoms with Crippen molar-refractivity contribution in [3.63, 3.8) is 0 Å². The number of hydrogen-bond acceptors (Lipinski definition) is 2. The van der Waals surface area contributed by atoms with Gasteiger partial charge in [0, 0.05) is 24.0 Å². The molecular weight excluding hydrogens is 255 g/mol. The highest BCUT2D eigenvalue weighted by atomic mass is 19.1. The lowest BCUT2D eigenvalue weighted by atomic mass is 10.0. The summed E-state index contributed by atoms with van der Waals surface area (Å²) in [6.07, 6.45) is 3.24. The summed E-state index contributed by atoms with van der Waals surface area (Å²) in [5.74, 6) is -0.385. The number of aromatic nitrogens is 1. The van der Waals surface area contributed by atoms with Gasteiger partial charge < -0.3 is 4.90 Å². The summed E-state index contributed by atoms with van der Waals surface area (Å²) in [6.45, 7) is 2.85. The van der Waals surface area contributed by atoms with E-state index in [1.165, 1.54) is 18.6 Å². The van der Waals surface area contributed by atoms with Crippen molar-refractivity contribution in [1.82, 2.24) is 9.88 Å². The zero-order valence-electron chi connectivity index (χ0n) is 11.5. The minimum absolute atomic E-state index is 0.0524. The third-order valence-corrected chi connectivity index (χ3v) is 3.94. The predicted molar refractivity (Wildman–Crippen MR) is 76.1 cm³/mol. The van der Waals surface area contributed by atoms with Crippen LogP contribution in [0.4, 0.5) is 4.39 Å². The number of carbonyl (C=O) groups is 1. The SMILES string of the molecule is CC1CCCCN1C(=O)c1ccc2ccc(F)cc2n1. The molecule has 1 unspecified atom stereocenters. The van der Waals surface area contributed by atoms with E-state index in [9.17, 15) is 9.18 Å². The van der Waals surface area contributed by atoms with Crippen molar-refractivity contribution in [2.75, 3.05) is 6.54 Å². The highest BCUT2D eigenvalue weighted by molar-refractivity contribution is 5.95. The normalized spacial score (nSPS) is 19.3. The lowest BCUT2D eigenvalue weighted by Gasteiger charge is -2.33. The van der Waals surface area contributed by atoms with E-state index >= 15 is 0 Å². The van der Waals surface area contributed by atoms with Crippen LogP contribution in [0.1, 0.15) is 36.7 Å². The molecule has 1 aliphatic heterocycles. The topological polar surface area (TPSA) is 33.2 Å². The van der Waals surface area contributed by atoms with Crippen LogP contribution in [-0.4, -0.2) is 28.4 Å². The van der Waals surface area contributed by atoms with Crippen molar-refractivity contribution in [3.8, 4) is 0 Å². The zero-order chi connectivity index (χ0) is 14.1. The predicted octanol–water partition coefficient (Wildman–Crippen LogP) is 3.39. The molecule has 0 N–H and O–H groups in total. The molecule has 1 fully saturated rings. The maximum absolute atomic E-state index is 13.3. The smallest absolute Gasteiger partial charge is 0.272 e. The fourth-order valence-corrected chi connectivity index (χ4v) is 2.76. The fourth-order valence-electron chi connectivity index (χ4n) is 2.76. The van der Waals surface area contributed by atoms with Gasteiger partial charge in [0.15, 0.2) is 0 Å². The molecule has 2 aromatic rings. The van der Waals surface area contributed by atoms with Crippen LogP contribution in [0.25, 0.3) is 10.9 Å². The van der Waals surface area contributed by atoms with E-state index in [1.54, 1.807) is 12.1 Å². The maximum atomic E-state index is 13.3. The molecule has 3 nitrogen and oxygen atoms in total. The summed E-state index contributed by atoms with van der Waals surface area (Å²) < 4.78 is 13.3. The lowest BCUT2D eigenvalue weighted by molar-refractivity contribution is 0.0630. The number of pyridine rings is 1. The highest BCUT2D eigenvalue weighted by Gasteiger charge is 2.25. The van der Waals surface area contributed by atoms with Gasteiger partial charge in [0.2, 0.25) is 0 Å². The molecular formula is C16H17FN2O. The van der Waals surface area contributed by atoms with Gasteiger partial charge in [-0.1, -0.05) is 6.07 Å². The molecule has 104 valence electrons. The van der Waals surface area contributed by atoms with Crippen molar-refractivity contribution < 1.29 is 9.18 Å². The molecule has 3 rings (SSSR count). The first-order valence-corrected chi connectivity index (χ1v) is 7.02. The standard InChI is InChI=1S/C16H17FN2O/c1-11-4-2-3-9-19(11)16(20)14-8-6-12-5-7-13(17)10-15(12)18-14/h5-8,10-11H,2-4,9H2,1H3. The Morgan fingerprint density at radius 2 is 2.10 bits per heavy atom. The summed E-state index contributed by atoms with van der Waals surface area (Å²) in [7, 11) is 0. The Labute approximate surface area is 117 Å². The number of amides is 1. The molecule has 1 aromatic carbocycles. The number of hydrogen-bond donors (Lipinski definition) is 0. The van der Waals surface area contributed by atoms with Crippen LogP contribution in [-0.2, 0) is 0 Å². The molecule has 0 radical (unpaired) electrons. The molecule has 0 bridgehead atoms. The van der Waals surface area contributed by atoms with E-state index in [4.69, 9.17) is 0 Å². The van der Waals surface area contributed by atoms with Crippen molar-refractivity contribution in [2.24, 2.45) is 0 Å². The summed E-state index contributed by atoms with van der Waals surface area (Å²) >= 11 is 0. The molecule has 1 aromatic heterocycles. The van der Waals surface area contributed by atoms with E-state index in [0.717, 1.165) is 24.8 Å². The number of fused-ring (bicyclic) bond motifs is 1. The Morgan fingerprint density at radius 3 is 2.90 bits per heavy atom. The van der Waals surface area contributed by atoms with E-state index in [0.29, 0.717) is 11.2 Å². The number of halogens is 1. The second-order valence-electron chi connectivity index (χ2n) is 5.38. The van der Waals surface area contributed by atoms with Gasteiger partial charge in [0.25, 0.3) is 5.91 Å². The Hall–Kier alpha value is -1.97. The fraction of sp³-hybridized carbons (Fsp3) is 0.375. The number of likely N-dealkylation sites (tertiary alicyclic amines) is 1. The minimum Gasteiger partial charge on any atom is -0.335 e. The number of rotatable bonds is 1. The van der Waals surface area contributed by atoms with Crippen molar-refractivity contribution in [1.29, 1.82) is 0 Å². The first-order chi connectivity index (χ1) is 9.65. The molecule has 4 heteroatoms. The van der Waals surface area contributed by atoms with E-state index in [1.807, 2.05) is 11.0 Å². The Bertz CT molecular complexity index is 656. The maximum Gasteiger partial charge on any atom is 0.272 e. The number of piperidine rings is 1. The summed E-state index contributed by atoms with van der Waals surface area (Å²) in [5, 5.41) is 0.842. The largest absolute Gasteiger partial charge is 0.335 e. The molecule has 0 aliphatic carbocycles. The molecule has 1 aliphatic rings. The van der Waals surface area contributed by atoms with Gasteiger partial charge in [-0.15, -0.1) is 0 Å². The second kappa shape index (κ2) is 5.19. The van der Waals surface area contributed by atoms with Crippen LogP contribution < -0.4 is 0 Å². The van der Waals surface area contributed by atoms with Gasteiger partial charge in [0.05, 0.1) is 5.52 Å². The van der Waals surface area contributed by atoms with Crippen molar-refractivity contribution >= 4 is 16.8 Å². The molecule has 2 heterocycles. The average molecular weight is 272 g/mol. The lowest BCUT2D eigenvalue weighted by Crippen LogP contribution is -2.42. The molecule has 1 saturated heterocycles. The van der Waals surface area contributed by atoms with Crippen molar-refractivity contribution in [3.05, 3.63) is 41.8 Å². The first kappa shape index (κ1) is 13.0. The Balaban J connectivity index is 1.94. The van der Waals surface area contributed by atoms with Crippen LogP contribution >= 0.6 is 0 Å². The van der Waals surface area contributed by atoms with Crippen LogP contribution in [0, 0.1) is 5.82 Å². The van der Waals surface area contributed by atoms with Crippen LogP contribution in [0.5, 0.6) is 0 Å². The Morgan fingerprint density at radius 1 is 1.30 bits per heavy atom. The second-order valence-corrected chi connectivity index (χ2v) is 5.38. The van der Waals surface area contributed by atoms with Gasteiger partial charge >= 0.3 is 0 Å². The molecule has 20 heavy (non-hydrogen) atoms. The highest BCUT2D eigenvalue weighted by Crippen LogP contribution is 2.20. The molecule has 0 spiro atoms. The van der Waals surface area contributed by atoms with Crippen molar-refractivity contribution in [2.45, 2.75) is 32.2 Å². The number of benzene rings is 1. The molecule has 0 saturated carbocycles. The zero-order valence-corrected chi connectivity index (χ0v) is 11.5. The van der Waals surface area contributed by atoms with Gasteiger partial charge in [-0.25, -0.2) is 9.37 Å². The Kier molecular flexibility index (Phi) is 3.38. The summed E-state index contributed by atoms with van der Waals surface area (Å²) in [5.41, 5.74) is 0.928. The van der Waals surface area contributed by atoms with E-state index in [2.05, 4.69) is 11.9 Å². The van der Waals surface area contributed by atoms with Crippen LogP contribution in [0.15, 0.2) is 30.3 Å². The van der Waals surface area contributed by atoms with Crippen LogP contribution in [0.3, 0.4) is 0 Å². The monoisotopic (exact) mass is 272 g/mol. The molecule has 1 amide bonds. The third-order valence-electron chi connectivity index (χ3n) is 3.94. The van der Waals surface area contributed by atoms with Gasteiger partial charge in [-0.2, -0.15) is 0 Å². The summed E-state index contributed by atoms with van der Waals surface area (Å²) in [4.78, 5) is 18.7. The molecule has 1 atom stereocenters.